The summed E-state index contributed by atoms with van der Waals surface area (Å²) in [5.41, 5.74) is 1.38. The SMILES string of the molecule is BCc1cccc(Br)c1. The Labute approximate surface area is 64.8 Å². The highest BCUT2D eigenvalue weighted by molar-refractivity contribution is 9.10. The van der Waals surface area contributed by atoms with Crippen LogP contribution in [0.4, 0.5) is 0 Å². The highest BCUT2D eigenvalue weighted by Gasteiger charge is 1.87. The predicted octanol–water partition coefficient (Wildman–Crippen LogP) is 1.58. The van der Waals surface area contributed by atoms with Gasteiger partial charge in [0.05, 0.1) is 0 Å². The van der Waals surface area contributed by atoms with E-state index < -0.39 is 0 Å². The van der Waals surface area contributed by atoms with Crippen LogP contribution < -0.4 is 0 Å². The van der Waals surface area contributed by atoms with Gasteiger partial charge in [-0.1, -0.05) is 39.9 Å². The third kappa shape index (κ3) is 1.86. The lowest BCUT2D eigenvalue weighted by molar-refractivity contribution is 1.39. The monoisotopic (exact) mass is 182 g/mol. The highest BCUT2D eigenvalue weighted by atomic mass is 79.9. The van der Waals surface area contributed by atoms with E-state index in [1.807, 2.05) is 6.07 Å². The summed E-state index contributed by atoms with van der Waals surface area (Å²) in [6, 6.07) is 8.37. The molecule has 2 heteroatoms. The van der Waals surface area contributed by atoms with Gasteiger partial charge < -0.3 is 0 Å². The van der Waals surface area contributed by atoms with Crippen molar-refractivity contribution in [2.24, 2.45) is 0 Å². The van der Waals surface area contributed by atoms with Gasteiger partial charge in [0, 0.05) is 4.47 Å². The summed E-state index contributed by atoms with van der Waals surface area (Å²) in [6.07, 6.45) is 1.11. The molecule has 0 radical (unpaired) electrons. The highest BCUT2D eigenvalue weighted by Crippen LogP contribution is 2.10. The number of halogens is 1. The average molecular weight is 183 g/mol. The zero-order valence-corrected chi connectivity index (χ0v) is 6.98. The minimum atomic E-state index is 1.11. The van der Waals surface area contributed by atoms with Gasteiger partial charge in [0.1, 0.15) is 7.85 Å². The smallest absolute Gasteiger partial charge is 0.0609 e. The summed E-state index contributed by atoms with van der Waals surface area (Å²) in [6.45, 7) is 0. The fourth-order valence-corrected chi connectivity index (χ4v) is 1.20. The molecule has 0 amide bonds. The predicted molar refractivity (Wildman–Crippen MR) is 46.4 cm³/mol. The van der Waals surface area contributed by atoms with E-state index in [4.69, 9.17) is 0 Å². The van der Waals surface area contributed by atoms with Gasteiger partial charge in [-0.3, -0.25) is 0 Å². The molecule has 0 spiro atoms. The van der Waals surface area contributed by atoms with Crippen molar-refractivity contribution in [3.05, 3.63) is 34.3 Å². The van der Waals surface area contributed by atoms with Crippen molar-refractivity contribution in [3.63, 3.8) is 0 Å². The summed E-state index contributed by atoms with van der Waals surface area (Å²) in [5.74, 6) is 0. The first-order valence-corrected chi connectivity index (χ1v) is 3.86. The van der Waals surface area contributed by atoms with Crippen LogP contribution in [0, 0.1) is 0 Å². The van der Waals surface area contributed by atoms with Crippen LogP contribution in [0.2, 0.25) is 0 Å². The molecule has 0 aliphatic heterocycles. The van der Waals surface area contributed by atoms with Crippen molar-refractivity contribution in [2.75, 3.05) is 0 Å². The van der Waals surface area contributed by atoms with E-state index in [0.29, 0.717) is 0 Å². The van der Waals surface area contributed by atoms with E-state index in [1.165, 1.54) is 10.0 Å². The van der Waals surface area contributed by atoms with Crippen molar-refractivity contribution >= 4 is 23.8 Å². The number of benzene rings is 1. The Morgan fingerprint density at radius 3 is 2.67 bits per heavy atom. The summed E-state index contributed by atoms with van der Waals surface area (Å²) in [7, 11) is 2.15. The molecule has 0 saturated heterocycles. The number of hydrogen-bond donors (Lipinski definition) is 0. The molecule has 0 bridgehead atoms. The average Bonchev–Trinajstić information content (AvgIpc) is 1.88. The molecule has 0 N–H and O–H groups in total. The van der Waals surface area contributed by atoms with Crippen molar-refractivity contribution < 1.29 is 0 Å². The Hall–Kier alpha value is -0.235. The summed E-state index contributed by atoms with van der Waals surface area (Å²) >= 11 is 3.40. The fourth-order valence-electron chi connectivity index (χ4n) is 0.757. The van der Waals surface area contributed by atoms with Crippen LogP contribution in [0.15, 0.2) is 28.7 Å². The van der Waals surface area contributed by atoms with Gasteiger partial charge >= 0.3 is 0 Å². The molecule has 1 rings (SSSR count). The Kier molecular flexibility index (Phi) is 2.34. The van der Waals surface area contributed by atoms with Crippen LogP contribution in [0.25, 0.3) is 0 Å². The topological polar surface area (TPSA) is 0 Å². The minimum absolute atomic E-state index is 1.11. The molecule has 0 aromatic heterocycles. The maximum atomic E-state index is 3.40. The first-order valence-electron chi connectivity index (χ1n) is 3.07. The molecule has 0 saturated carbocycles. The van der Waals surface area contributed by atoms with Crippen LogP contribution in [0.1, 0.15) is 5.56 Å². The Morgan fingerprint density at radius 2 is 2.22 bits per heavy atom. The van der Waals surface area contributed by atoms with Gasteiger partial charge in [0.15, 0.2) is 0 Å². The van der Waals surface area contributed by atoms with Crippen molar-refractivity contribution in [1.29, 1.82) is 0 Å². The standard InChI is InChI=1S/C7H8BBr/c8-5-6-2-1-3-7(9)4-6/h1-4H,5,8H2. The quantitative estimate of drug-likeness (QED) is 0.579. The van der Waals surface area contributed by atoms with Crippen LogP contribution in [0.3, 0.4) is 0 Å². The first kappa shape index (κ1) is 6.88. The first-order chi connectivity index (χ1) is 4.33. The van der Waals surface area contributed by atoms with E-state index in [-0.39, 0.29) is 0 Å². The Morgan fingerprint density at radius 1 is 1.44 bits per heavy atom. The number of hydrogen-bond acceptors (Lipinski definition) is 0. The second-order valence-corrected chi connectivity index (χ2v) is 2.90. The summed E-state index contributed by atoms with van der Waals surface area (Å²) < 4.78 is 1.17. The number of rotatable bonds is 1. The molecule has 0 fully saturated rings. The van der Waals surface area contributed by atoms with Crippen molar-refractivity contribution in [3.8, 4) is 0 Å². The zero-order valence-electron chi connectivity index (χ0n) is 5.39. The summed E-state index contributed by atoms with van der Waals surface area (Å²) in [4.78, 5) is 0. The fraction of sp³-hybridized carbons (Fsp3) is 0.143. The lowest BCUT2D eigenvalue weighted by Gasteiger charge is -1.94. The van der Waals surface area contributed by atoms with Gasteiger partial charge in [0.25, 0.3) is 0 Å². The van der Waals surface area contributed by atoms with Crippen LogP contribution >= 0.6 is 15.9 Å². The maximum Gasteiger partial charge on any atom is 0.107 e. The molecule has 1 aromatic rings. The second kappa shape index (κ2) is 3.07. The van der Waals surface area contributed by atoms with E-state index in [1.54, 1.807) is 0 Å². The molecule has 9 heavy (non-hydrogen) atoms. The van der Waals surface area contributed by atoms with Crippen LogP contribution in [0.5, 0.6) is 0 Å². The van der Waals surface area contributed by atoms with E-state index in [2.05, 4.69) is 42.0 Å². The van der Waals surface area contributed by atoms with E-state index >= 15 is 0 Å². The van der Waals surface area contributed by atoms with Crippen LogP contribution in [-0.2, 0) is 6.32 Å². The molecule has 46 valence electrons. The molecular formula is C7H8BBr. The van der Waals surface area contributed by atoms with E-state index in [0.717, 1.165) is 6.32 Å². The lowest BCUT2D eigenvalue weighted by atomic mass is 9.97. The second-order valence-electron chi connectivity index (χ2n) is 1.98. The van der Waals surface area contributed by atoms with Gasteiger partial charge in [0.2, 0.25) is 0 Å². The van der Waals surface area contributed by atoms with Crippen LogP contribution in [-0.4, -0.2) is 7.85 Å². The molecule has 1 aromatic carbocycles. The van der Waals surface area contributed by atoms with Gasteiger partial charge in [-0.15, -0.1) is 0 Å². The molecule has 0 unspecified atom stereocenters. The van der Waals surface area contributed by atoms with Crippen molar-refractivity contribution in [1.82, 2.24) is 0 Å². The van der Waals surface area contributed by atoms with Gasteiger partial charge in [-0.2, -0.15) is 0 Å². The molecular weight excluding hydrogens is 175 g/mol. The Bertz CT molecular complexity index is 198. The maximum absolute atomic E-state index is 3.40. The minimum Gasteiger partial charge on any atom is -0.0609 e. The molecule has 0 atom stereocenters. The third-order valence-electron chi connectivity index (χ3n) is 1.30. The zero-order chi connectivity index (χ0) is 6.69. The Balaban J connectivity index is 2.94. The molecule has 0 aliphatic rings. The van der Waals surface area contributed by atoms with Crippen molar-refractivity contribution in [2.45, 2.75) is 6.32 Å². The van der Waals surface area contributed by atoms with Gasteiger partial charge in [-0.05, 0) is 12.1 Å². The molecule has 0 aliphatic carbocycles. The van der Waals surface area contributed by atoms with Gasteiger partial charge in [-0.25, -0.2) is 0 Å². The van der Waals surface area contributed by atoms with E-state index in [9.17, 15) is 0 Å². The molecule has 0 nitrogen and oxygen atoms in total. The normalized spacial score (nSPS) is 9.44. The largest absolute Gasteiger partial charge is 0.107 e. The summed E-state index contributed by atoms with van der Waals surface area (Å²) in [5, 5.41) is 0. The molecule has 0 heterocycles. The third-order valence-corrected chi connectivity index (χ3v) is 1.79. The lowest BCUT2D eigenvalue weighted by Crippen LogP contribution is -1.80.